The van der Waals surface area contributed by atoms with Crippen LogP contribution in [0.5, 0.6) is 0 Å². The maximum atomic E-state index is 5.60. The molecule has 0 aliphatic carbocycles. The van der Waals surface area contributed by atoms with E-state index in [1.165, 1.54) is 25.9 Å². The van der Waals surface area contributed by atoms with Gasteiger partial charge in [0, 0.05) is 13.2 Å². The van der Waals surface area contributed by atoms with Gasteiger partial charge in [0.1, 0.15) is 0 Å². The first-order valence-electron chi connectivity index (χ1n) is 5.33. The standard InChI is InChI=1S/C11H21NO.ClH/c1-2-3-4-9-13-10-11-5-7-12-8-6-11;/h2,11-12H,1,3-10H2;1H. The Hall–Kier alpha value is -0.0500. The first kappa shape index (κ1) is 13.9. The Labute approximate surface area is 93.5 Å². The maximum Gasteiger partial charge on any atom is 0.0495 e. The number of rotatable bonds is 6. The number of allylic oxidation sites excluding steroid dienone is 1. The van der Waals surface area contributed by atoms with E-state index in [0.29, 0.717) is 0 Å². The fraction of sp³-hybridized carbons (Fsp3) is 0.818. The number of ether oxygens (including phenoxy) is 1. The summed E-state index contributed by atoms with van der Waals surface area (Å²) < 4.78 is 5.60. The fourth-order valence-electron chi connectivity index (χ4n) is 1.63. The molecule has 3 heteroatoms. The highest BCUT2D eigenvalue weighted by atomic mass is 35.5. The van der Waals surface area contributed by atoms with Crippen molar-refractivity contribution in [3.05, 3.63) is 12.7 Å². The van der Waals surface area contributed by atoms with Crippen LogP contribution in [-0.4, -0.2) is 26.3 Å². The van der Waals surface area contributed by atoms with Crippen LogP contribution in [0.1, 0.15) is 25.7 Å². The van der Waals surface area contributed by atoms with Gasteiger partial charge in [-0.2, -0.15) is 0 Å². The number of piperidine rings is 1. The van der Waals surface area contributed by atoms with Crippen LogP contribution < -0.4 is 5.32 Å². The number of nitrogens with one attached hydrogen (secondary N) is 1. The van der Waals surface area contributed by atoms with E-state index in [9.17, 15) is 0 Å². The molecule has 0 radical (unpaired) electrons. The Morgan fingerprint density at radius 3 is 2.71 bits per heavy atom. The molecule has 1 aliphatic rings. The van der Waals surface area contributed by atoms with Gasteiger partial charge in [-0.25, -0.2) is 0 Å². The quantitative estimate of drug-likeness (QED) is 0.547. The van der Waals surface area contributed by atoms with Gasteiger partial charge in [0.15, 0.2) is 0 Å². The van der Waals surface area contributed by atoms with Crippen molar-refractivity contribution in [2.75, 3.05) is 26.3 Å². The topological polar surface area (TPSA) is 21.3 Å². The van der Waals surface area contributed by atoms with Crippen molar-refractivity contribution in [2.24, 2.45) is 5.92 Å². The van der Waals surface area contributed by atoms with E-state index in [1.807, 2.05) is 6.08 Å². The summed E-state index contributed by atoms with van der Waals surface area (Å²) in [5.74, 6) is 0.796. The van der Waals surface area contributed by atoms with E-state index in [4.69, 9.17) is 4.74 Å². The summed E-state index contributed by atoms with van der Waals surface area (Å²) in [7, 11) is 0. The van der Waals surface area contributed by atoms with Gasteiger partial charge >= 0.3 is 0 Å². The molecule has 1 rings (SSSR count). The van der Waals surface area contributed by atoms with Gasteiger partial charge in [0.2, 0.25) is 0 Å². The van der Waals surface area contributed by atoms with Crippen molar-refractivity contribution >= 4 is 12.4 Å². The zero-order valence-electron chi connectivity index (χ0n) is 8.84. The summed E-state index contributed by atoms with van der Waals surface area (Å²) in [6.45, 7) is 7.87. The Kier molecular flexibility index (Phi) is 9.47. The molecular weight excluding hydrogens is 198 g/mol. The fourth-order valence-corrected chi connectivity index (χ4v) is 1.63. The van der Waals surface area contributed by atoms with Crippen molar-refractivity contribution in [3.8, 4) is 0 Å². The molecule has 84 valence electrons. The summed E-state index contributed by atoms with van der Waals surface area (Å²) in [5, 5.41) is 3.36. The summed E-state index contributed by atoms with van der Waals surface area (Å²) in [6.07, 6.45) is 6.71. The Bertz CT molecular complexity index is 135. The zero-order chi connectivity index (χ0) is 9.36. The van der Waals surface area contributed by atoms with Crippen molar-refractivity contribution in [3.63, 3.8) is 0 Å². The van der Waals surface area contributed by atoms with E-state index in [2.05, 4.69) is 11.9 Å². The maximum absolute atomic E-state index is 5.60. The van der Waals surface area contributed by atoms with Gasteiger partial charge in [-0.05, 0) is 44.7 Å². The van der Waals surface area contributed by atoms with E-state index >= 15 is 0 Å². The predicted octanol–water partition coefficient (Wildman–Crippen LogP) is 2.39. The van der Waals surface area contributed by atoms with Gasteiger partial charge in [0.25, 0.3) is 0 Å². The third-order valence-electron chi connectivity index (χ3n) is 2.51. The third kappa shape index (κ3) is 6.41. The minimum absolute atomic E-state index is 0. The molecule has 1 N–H and O–H groups in total. The molecule has 2 nitrogen and oxygen atoms in total. The molecule has 1 aliphatic heterocycles. The average molecular weight is 220 g/mol. The molecule has 0 aromatic carbocycles. The first-order chi connectivity index (χ1) is 6.43. The molecule has 1 fully saturated rings. The zero-order valence-corrected chi connectivity index (χ0v) is 9.65. The van der Waals surface area contributed by atoms with Crippen LogP contribution in [-0.2, 0) is 4.74 Å². The molecule has 0 aromatic heterocycles. The molecular formula is C11H22ClNO. The summed E-state index contributed by atoms with van der Waals surface area (Å²) >= 11 is 0. The lowest BCUT2D eigenvalue weighted by molar-refractivity contribution is 0.0866. The molecule has 0 amide bonds. The molecule has 14 heavy (non-hydrogen) atoms. The summed E-state index contributed by atoms with van der Waals surface area (Å²) in [4.78, 5) is 0. The lowest BCUT2D eigenvalue weighted by Gasteiger charge is -2.22. The molecule has 0 bridgehead atoms. The van der Waals surface area contributed by atoms with Crippen LogP contribution in [0.15, 0.2) is 12.7 Å². The second-order valence-corrected chi connectivity index (χ2v) is 3.70. The number of halogens is 1. The third-order valence-corrected chi connectivity index (χ3v) is 2.51. The lowest BCUT2D eigenvalue weighted by Crippen LogP contribution is -2.30. The highest BCUT2D eigenvalue weighted by Gasteiger charge is 2.12. The van der Waals surface area contributed by atoms with Crippen molar-refractivity contribution in [2.45, 2.75) is 25.7 Å². The Morgan fingerprint density at radius 1 is 1.36 bits per heavy atom. The number of hydrogen-bond acceptors (Lipinski definition) is 2. The van der Waals surface area contributed by atoms with Crippen LogP contribution in [0, 0.1) is 5.92 Å². The molecule has 0 spiro atoms. The number of unbranched alkanes of at least 4 members (excludes halogenated alkanes) is 1. The smallest absolute Gasteiger partial charge is 0.0495 e. The van der Waals surface area contributed by atoms with E-state index in [-0.39, 0.29) is 12.4 Å². The van der Waals surface area contributed by atoms with E-state index in [1.54, 1.807) is 0 Å². The van der Waals surface area contributed by atoms with Gasteiger partial charge in [0.05, 0.1) is 0 Å². The predicted molar refractivity (Wildman–Crippen MR) is 63.1 cm³/mol. The van der Waals surface area contributed by atoms with Gasteiger partial charge in [-0.1, -0.05) is 6.08 Å². The second kappa shape index (κ2) is 9.50. The SMILES string of the molecule is C=CCCCOCC1CCNCC1.Cl. The number of hydrogen-bond donors (Lipinski definition) is 1. The molecule has 1 heterocycles. The highest BCUT2D eigenvalue weighted by Crippen LogP contribution is 2.11. The Morgan fingerprint density at radius 2 is 2.07 bits per heavy atom. The van der Waals surface area contributed by atoms with Crippen LogP contribution >= 0.6 is 12.4 Å². The molecule has 1 saturated heterocycles. The molecule has 0 atom stereocenters. The minimum Gasteiger partial charge on any atom is -0.381 e. The second-order valence-electron chi connectivity index (χ2n) is 3.70. The minimum atomic E-state index is 0. The monoisotopic (exact) mass is 219 g/mol. The Balaban J connectivity index is 0.00000169. The average Bonchev–Trinajstić information content (AvgIpc) is 2.19. The summed E-state index contributed by atoms with van der Waals surface area (Å²) in [6, 6.07) is 0. The first-order valence-corrected chi connectivity index (χ1v) is 5.33. The van der Waals surface area contributed by atoms with E-state index in [0.717, 1.165) is 32.0 Å². The van der Waals surface area contributed by atoms with Gasteiger partial charge < -0.3 is 10.1 Å². The molecule has 0 aromatic rings. The van der Waals surface area contributed by atoms with E-state index < -0.39 is 0 Å². The van der Waals surface area contributed by atoms with Crippen LogP contribution in [0.2, 0.25) is 0 Å². The van der Waals surface area contributed by atoms with Crippen molar-refractivity contribution in [1.82, 2.24) is 5.32 Å². The van der Waals surface area contributed by atoms with Gasteiger partial charge in [-0.15, -0.1) is 19.0 Å². The molecule has 0 saturated carbocycles. The van der Waals surface area contributed by atoms with Gasteiger partial charge in [-0.3, -0.25) is 0 Å². The van der Waals surface area contributed by atoms with Crippen LogP contribution in [0.4, 0.5) is 0 Å². The highest BCUT2D eigenvalue weighted by molar-refractivity contribution is 5.85. The van der Waals surface area contributed by atoms with Crippen LogP contribution in [0.3, 0.4) is 0 Å². The van der Waals surface area contributed by atoms with Crippen molar-refractivity contribution < 1.29 is 4.74 Å². The largest absolute Gasteiger partial charge is 0.381 e. The summed E-state index contributed by atoms with van der Waals surface area (Å²) in [5.41, 5.74) is 0. The van der Waals surface area contributed by atoms with Crippen LogP contribution in [0.25, 0.3) is 0 Å². The normalized spacial score (nSPS) is 17.4. The lowest BCUT2D eigenvalue weighted by atomic mass is 9.99. The molecule has 0 unspecified atom stereocenters. The van der Waals surface area contributed by atoms with Crippen molar-refractivity contribution in [1.29, 1.82) is 0 Å².